The molecule has 32 heavy (non-hydrogen) atoms. The van der Waals surface area contributed by atoms with Crippen molar-refractivity contribution in [3.05, 3.63) is 79.7 Å². The molecule has 1 atom stereocenters. The summed E-state index contributed by atoms with van der Waals surface area (Å²) in [5.74, 6) is 0. The number of hydrogen-bond donors (Lipinski definition) is 1. The second-order valence-electron chi connectivity index (χ2n) is 8.79. The van der Waals surface area contributed by atoms with Crippen LogP contribution in [0.15, 0.2) is 66.7 Å². The molecule has 1 heterocycles. The molecule has 3 aromatic rings. The van der Waals surface area contributed by atoms with E-state index in [0.717, 1.165) is 7.27 Å². The molecule has 0 aliphatic heterocycles. The van der Waals surface area contributed by atoms with Crippen LogP contribution in [-0.2, 0) is 4.43 Å². The van der Waals surface area contributed by atoms with Crippen molar-refractivity contribution in [2.75, 3.05) is 13.2 Å². The Morgan fingerprint density at radius 3 is 2.00 bits per heavy atom. The van der Waals surface area contributed by atoms with Gasteiger partial charge in [-0.15, -0.1) is 0 Å². The molecule has 0 bridgehead atoms. The van der Waals surface area contributed by atoms with Crippen LogP contribution in [0.1, 0.15) is 38.9 Å². The summed E-state index contributed by atoms with van der Waals surface area (Å²) in [5, 5.41) is 21.9. The fraction of sp³-hybridized carbons (Fsp3) is 0.320. The van der Waals surface area contributed by atoms with E-state index >= 15 is 0 Å². The van der Waals surface area contributed by atoms with Gasteiger partial charge in [0.1, 0.15) is 11.8 Å². The molecule has 0 spiro atoms. The molecule has 0 unspecified atom stereocenters. The fourth-order valence-electron chi connectivity index (χ4n) is 4.33. The lowest BCUT2D eigenvalue weighted by Crippen LogP contribution is -2.67. The molecule has 1 aromatic heterocycles. The van der Waals surface area contributed by atoms with Crippen LogP contribution in [0.2, 0.25) is 5.04 Å². The van der Waals surface area contributed by atoms with E-state index < -0.39 is 8.32 Å². The summed E-state index contributed by atoms with van der Waals surface area (Å²) in [6.45, 7) is 7.21. The van der Waals surface area contributed by atoms with Crippen molar-refractivity contribution >= 4 is 63.9 Å². The van der Waals surface area contributed by atoms with Gasteiger partial charge in [-0.25, -0.2) is 0 Å². The normalized spacial score (nSPS) is 13.0. The van der Waals surface area contributed by atoms with Crippen LogP contribution < -0.4 is 10.4 Å². The topological polar surface area (TPSA) is 58.2 Å². The van der Waals surface area contributed by atoms with E-state index in [4.69, 9.17) is 4.43 Å². The van der Waals surface area contributed by atoms with E-state index in [0.29, 0.717) is 18.7 Å². The van der Waals surface area contributed by atoms with Crippen LogP contribution in [0.25, 0.3) is 0 Å². The molecule has 0 radical (unpaired) electrons. The second kappa shape index (κ2) is 10.8. The monoisotopic (exact) mass is 670 g/mol. The molecule has 0 aliphatic rings. The molecule has 1 N–H and O–H groups in total. The molecule has 0 aliphatic carbocycles. The highest BCUT2D eigenvalue weighted by Crippen LogP contribution is 2.38. The first kappa shape index (κ1) is 25.4. The standard InChI is InChI=1S/C25H28I2N2O2Si/c1-25(2,3)32(21-10-6-4-7-11-21,22-12-8-5-9-13-22)31-18-19(14-15-30)29-20(17-28)16-23(26)24(29)27/h4-13,16,19,30H,14-15,18H2,1-3H3/t19-/m0/s1. The average Bonchev–Trinajstić information content (AvgIpc) is 3.07. The number of aromatic nitrogens is 1. The van der Waals surface area contributed by atoms with E-state index in [9.17, 15) is 10.4 Å². The maximum atomic E-state index is 9.84. The van der Waals surface area contributed by atoms with Crippen molar-refractivity contribution in [2.24, 2.45) is 0 Å². The third kappa shape index (κ3) is 4.99. The smallest absolute Gasteiger partial charge is 0.261 e. The van der Waals surface area contributed by atoms with E-state index in [1.807, 2.05) is 22.8 Å². The molecule has 3 rings (SSSR count). The molecule has 0 saturated heterocycles. The number of aliphatic hydroxyl groups is 1. The molecule has 4 nitrogen and oxygen atoms in total. The van der Waals surface area contributed by atoms with Crippen molar-refractivity contribution in [3.8, 4) is 6.07 Å². The highest BCUT2D eigenvalue weighted by Gasteiger charge is 2.50. The molecule has 0 saturated carbocycles. The number of benzene rings is 2. The number of nitrogens with zero attached hydrogens (tertiary/aromatic N) is 2. The van der Waals surface area contributed by atoms with E-state index in [1.54, 1.807) is 0 Å². The lowest BCUT2D eigenvalue weighted by atomic mass is 10.2. The first-order valence-electron chi connectivity index (χ1n) is 10.6. The molecular formula is C25H28I2N2O2Si. The van der Waals surface area contributed by atoms with Crippen molar-refractivity contribution in [1.82, 2.24) is 4.57 Å². The van der Waals surface area contributed by atoms with E-state index in [-0.39, 0.29) is 17.7 Å². The number of hydrogen-bond acceptors (Lipinski definition) is 3. The second-order valence-corrected chi connectivity index (χ2v) is 15.3. The first-order valence-corrected chi connectivity index (χ1v) is 14.6. The summed E-state index contributed by atoms with van der Waals surface area (Å²) in [4.78, 5) is 0. The summed E-state index contributed by atoms with van der Waals surface area (Å²) in [6.07, 6.45) is 0.521. The Kier molecular flexibility index (Phi) is 8.60. The maximum absolute atomic E-state index is 9.84. The summed E-state index contributed by atoms with van der Waals surface area (Å²) < 4.78 is 11.2. The minimum absolute atomic E-state index is 0.0322. The average molecular weight is 670 g/mol. The lowest BCUT2D eigenvalue weighted by molar-refractivity contribution is 0.191. The zero-order chi connectivity index (χ0) is 23.4. The van der Waals surface area contributed by atoms with Gasteiger partial charge in [0.05, 0.1) is 16.3 Å². The van der Waals surface area contributed by atoms with Gasteiger partial charge < -0.3 is 14.1 Å². The molecule has 2 aromatic carbocycles. The van der Waals surface area contributed by atoms with Gasteiger partial charge in [0.15, 0.2) is 0 Å². The summed E-state index contributed by atoms with van der Waals surface area (Å²) >= 11 is 4.54. The molecule has 7 heteroatoms. The highest BCUT2D eigenvalue weighted by atomic mass is 127. The van der Waals surface area contributed by atoms with Crippen LogP contribution in [0.5, 0.6) is 0 Å². The van der Waals surface area contributed by atoms with Crippen LogP contribution >= 0.6 is 45.2 Å². The molecular weight excluding hydrogens is 642 g/mol. The fourth-order valence-corrected chi connectivity index (χ4v) is 10.3. The zero-order valence-corrected chi connectivity index (χ0v) is 23.9. The van der Waals surface area contributed by atoms with Crippen LogP contribution in [0.3, 0.4) is 0 Å². The van der Waals surface area contributed by atoms with Gasteiger partial charge in [0.25, 0.3) is 8.32 Å². The van der Waals surface area contributed by atoms with Gasteiger partial charge in [-0.1, -0.05) is 81.4 Å². The Labute approximate surface area is 219 Å². The summed E-state index contributed by atoms with van der Waals surface area (Å²) in [7, 11) is -2.69. The zero-order valence-electron chi connectivity index (χ0n) is 18.6. The van der Waals surface area contributed by atoms with E-state index in [2.05, 4.69) is 121 Å². The third-order valence-corrected chi connectivity index (χ3v) is 13.7. The van der Waals surface area contributed by atoms with Crippen molar-refractivity contribution in [2.45, 2.75) is 38.3 Å². The highest BCUT2D eigenvalue weighted by molar-refractivity contribution is 14.1. The summed E-state index contributed by atoms with van der Waals surface area (Å²) in [6, 6.07) is 25.2. The minimum Gasteiger partial charge on any atom is -0.405 e. The minimum atomic E-state index is -2.69. The van der Waals surface area contributed by atoms with E-state index in [1.165, 1.54) is 10.4 Å². The first-order chi connectivity index (χ1) is 15.3. The Bertz CT molecular complexity index is 1030. The number of aliphatic hydroxyl groups excluding tert-OH is 1. The molecule has 0 amide bonds. The number of rotatable bonds is 8. The van der Waals surface area contributed by atoms with Gasteiger partial charge in [-0.3, -0.25) is 0 Å². The van der Waals surface area contributed by atoms with Gasteiger partial charge >= 0.3 is 0 Å². The predicted octanol–water partition coefficient (Wildman–Crippen LogP) is 5.07. The van der Waals surface area contributed by atoms with Gasteiger partial charge in [0, 0.05) is 10.2 Å². The van der Waals surface area contributed by atoms with Crippen molar-refractivity contribution in [3.63, 3.8) is 0 Å². The summed E-state index contributed by atoms with van der Waals surface area (Å²) in [5.41, 5.74) is 0.600. The third-order valence-electron chi connectivity index (χ3n) is 5.78. The van der Waals surface area contributed by atoms with Gasteiger partial charge in [0.2, 0.25) is 0 Å². The van der Waals surface area contributed by atoms with Gasteiger partial charge in [-0.05, 0) is 73.1 Å². The molecule has 0 fully saturated rings. The number of nitriles is 1. The van der Waals surface area contributed by atoms with Crippen LogP contribution in [-0.4, -0.2) is 31.2 Å². The quantitative estimate of drug-likeness (QED) is 0.269. The SMILES string of the molecule is CC(C)(C)[Si](OC[C@H](CCO)n1c(C#N)cc(I)c1I)(c1ccccc1)c1ccccc1. The predicted molar refractivity (Wildman–Crippen MR) is 149 cm³/mol. The Hall–Kier alpha value is -1.19. The lowest BCUT2D eigenvalue weighted by Gasteiger charge is -2.44. The Morgan fingerprint density at radius 1 is 1.03 bits per heavy atom. The van der Waals surface area contributed by atoms with Crippen molar-refractivity contribution in [1.29, 1.82) is 5.26 Å². The number of halogens is 2. The Balaban J connectivity index is 2.12. The van der Waals surface area contributed by atoms with Crippen LogP contribution in [0, 0.1) is 18.6 Å². The van der Waals surface area contributed by atoms with Gasteiger partial charge in [-0.2, -0.15) is 5.26 Å². The maximum Gasteiger partial charge on any atom is 0.261 e. The molecule has 168 valence electrons. The largest absolute Gasteiger partial charge is 0.405 e. The van der Waals surface area contributed by atoms with Crippen LogP contribution in [0.4, 0.5) is 0 Å². The Morgan fingerprint density at radius 2 is 1.56 bits per heavy atom. The van der Waals surface area contributed by atoms with Crippen molar-refractivity contribution < 1.29 is 9.53 Å².